The van der Waals surface area contributed by atoms with Gasteiger partial charge in [0.15, 0.2) is 0 Å². The van der Waals surface area contributed by atoms with E-state index in [-0.39, 0.29) is 6.10 Å². The molecule has 4 aliphatic carbocycles. The van der Waals surface area contributed by atoms with Crippen molar-refractivity contribution in [2.45, 2.75) is 130 Å². The molecule has 4 aliphatic rings. The quantitative estimate of drug-likeness (QED) is 0.166. The maximum Gasteiger partial charge on any atom is 0.222 e. The number of hydrogen-bond donors (Lipinski definition) is 4. The molecule has 0 bridgehead atoms. The monoisotopic (exact) mass is 618 g/mol. The van der Waals surface area contributed by atoms with Gasteiger partial charge in [-0.1, -0.05) is 20.8 Å². The summed E-state index contributed by atoms with van der Waals surface area (Å²) < 4.78 is 0. The summed E-state index contributed by atoms with van der Waals surface area (Å²) in [6, 6.07) is 0.586. The molecule has 1 amide bonds. The first-order valence-electron chi connectivity index (χ1n) is 18.9. The highest BCUT2D eigenvalue weighted by Gasteiger charge is 2.62. The lowest BCUT2D eigenvalue weighted by Crippen LogP contribution is -2.59. The molecule has 10 atom stereocenters. The molecule has 7 nitrogen and oxygen atoms in total. The molecule has 0 aromatic carbocycles. The van der Waals surface area contributed by atoms with Crippen molar-refractivity contribution >= 4 is 5.91 Å². The van der Waals surface area contributed by atoms with Gasteiger partial charge in [-0.3, -0.25) is 4.79 Å². The third-order valence-corrected chi connectivity index (χ3v) is 13.8. The predicted molar refractivity (Wildman–Crippen MR) is 183 cm³/mol. The molecule has 44 heavy (non-hydrogen) atoms. The second-order valence-electron chi connectivity index (χ2n) is 16.0. The average Bonchev–Trinajstić information content (AvgIpc) is 3.37. The molecule has 0 spiro atoms. The van der Waals surface area contributed by atoms with Crippen LogP contribution in [0.15, 0.2) is 0 Å². The van der Waals surface area contributed by atoms with E-state index < -0.39 is 0 Å². The minimum Gasteiger partial charge on any atom is -0.393 e. The Morgan fingerprint density at radius 2 is 1.55 bits per heavy atom. The number of amides is 1. The van der Waals surface area contributed by atoms with E-state index in [0.29, 0.717) is 64.7 Å². The van der Waals surface area contributed by atoms with Gasteiger partial charge in [-0.15, -0.1) is 0 Å². The Labute approximate surface area is 271 Å². The molecule has 4 saturated carbocycles. The van der Waals surface area contributed by atoms with Crippen LogP contribution >= 0.6 is 0 Å². The Balaban J connectivity index is 1.30. The minimum atomic E-state index is -0.154. The van der Waals surface area contributed by atoms with Gasteiger partial charge in [-0.2, -0.15) is 0 Å². The van der Waals surface area contributed by atoms with Gasteiger partial charge in [0.1, 0.15) is 0 Å². The lowest BCUT2D eigenvalue weighted by molar-refractivity contribution is -0.167. The largest absolute Gasteiger partial charge is 0.393 e. The summed E-state index contributed by atoms with van der Waals surface area (Å²) >= 11 is 0. The fraction of sp³-hybridized carbons (Fsp3) is 0.973. The number of carbonyl (C=O) groups excluding carboxylic acids is 1. The summed E-state index contributed by atoms with van der Waals surface area (Å²) in [6.07, 6.45) is 14.8. The molecular weight excluding hydrogens is 546 g/mol. The maximum atomic E-state index is 12.8. The van der Waals surface area contributed by atoms with Crippen LogP contribution in [0.1, 0.15) is 118 Å². The highest BCUT2D eigenvalue weighted by molar-refractivity contribution is 5.76. The number of nitrogens with zero attached hydrogens (tertiary/aromatic N) is 2. The van der Waals surface area contributed by atoms with Crippen LogP contribution in [0.3, 0.4) is 0 Å². The van der Waals surface area contributed by atoms with Crippen LogP contribution in [0.4, 0.5) is 0 Å². The SMILES string of the molecule is CCN(CC)C(=O)CC[C@@H](C)C1CCC2C3C(CC[C@@]21C)[C@@]1(C)CC[C@H](NCCCN(CCCN)CCCN)CC1C[C@H]3O. The van der Waals surface area contributed by atoms with E-state index in [2.05, 4.69) is 44.8 Å². The van der Waals surface area contributed by atoms with E-state index in [0.717, 1.165) is 78.0 Å². The van der Waals surface area contributed by atoms with Gasteiger partial charge in [-0.05, 0) is 177 Å². The van der Waals surface area contributed by atoms with Crippen LogP contribution in [0.2, 0.25) is 0 Å². The Morgan fingerprint density at radius 3 is 2.20 bits per heavy atom. The molecule has 0 aromatic rings. The average molecular weight is 618 g/mol. The smallest absolute Gasteiger partial charge is 0.222 e. The number of rotatable bonds is 17. The van der Waals surface area contributed by atoms with Crippen molar-refractivity contribution < 1.29 is 9.90 Å². The minimum absolute atomic E-state index is 0.154. The molecule has 0 saturated heterocycles. The summed E-state index contributed by atoms with van der Waals surface area (Å²) in [5.41, 5.74) is 12.2. The number of hydrogen-bond acceptors (Lipinski definition) is 6. The van der Waals surface area contributed by atoms with Crippen molar-refractivity contribution in [1.82, 2.24) is 15.1 Å². The third kappa shape index (κ3) is 7.86. The number of aliphatic hydroxyl groups is 1. The van der Waals surface area contributed by atoms with E-state index in [1.807, 2.05) is 4.90 Å². The fourth-order valence-electron chi connectivity index (χ4n) is 11.2. The molecule has 0 radical (unpaired) electrons. The van der Waals surface area contributed by atoms with Gasteiger partial charge in [-0.25, -0.2) is 0 Å². The summed E-state index contributed by atoms with van der Waals surface area (Å²) in [6.45, 7) is 19.3. The number of nitrogens with two attached hydrogens (primary N) is 2. The van der Waals surface area contributed by atoms with Crippen molar-refractivity contribution in [3.05, 3.63) is 0 Å². The number of nitrogens with one attached hydrogen (secondary N) is 1. The molecule has 5 unspecified atom stereocenters. The molecule has 6 N–H and O–H groups in total. The van der Waals surface area contributed by atoms with Crippen molar-refractivity contribution in [3.8, 4) is 0 Å². The zero-order valence-electron chi connectivity index (χ0n) is 29.4. The molecule has 0 aliphatic heterocycles. The van der Waals surface area contributed by atoms with Gasteiger partial charge in [0, 0.05) is 25.6 Å². The van der Waals surface area contributed by atoms with E-state index in [1.54, 1.807) is 0 Å². The van der Waals surface area contributed by atoms with E-state index >= 15 is 0 Å². The number of carbonyl (C=O) groups is 1. The van der Waals surface area contributed by atoms with Crippen LogP contribution in [0, 0.1) is 46.3 Å². The normalized spacial score (nSPS) is 37.3. The number of fused-ring (bicyclic) bond motifs is 5. The predicted octanol–water partition coefficient (Wildman–Crippen LogP) is 5.25. The van der Waals surface area contributed by atoms with Gasteiger partial charge in [0.25, 0.3) is 0 Å². The molecule has 7 heteroatoms. The van der Waals surface area contributed by atoms with E-state index in [1.165, 1.54) is 51.4 Å². The summed E-state index contributed by atoms with van der Waals surface area (Å²) in [5.74, 6) is 3.95. The lowest BCUT2D eigenvalue weighted by atomic mass is 9.43. The van der Waals surface area contributed by atoms with Crippen LogP contribution < -0.4 is 16.8 Å². The standard InChI is InChI=1S/C37H71N5O2/c1-6-42(7-2)34(44)14-11-27(3)30-12-13-31-35-32(16-18-37(30,31)5)36(4)17-15-29(25-28(36)26-33(35)43)40-21-10-24-41(22-8-19-38)23-9-20-39/h27-33,35,40,43H,6-26,38-39H2,1-5H3/t27-,28?,29+,30?,31?,32?,33-,35?,36+,37-/m1/s1. The maximum absolute atomic E-state index is 12.8. The summed E-state index contributed by atoms with van der Waals surface area (Å²) in [5, 5.41) is 15.8. The van der Waals surface area contributed by atoms with Gasteiger partial charge >= 0.3 is 0 Å². The van der Waals surface area contributed by atoms with Crippen LogP contribution in [0.5, 0.6) is 0 Å². The summed E-state index contributed by atoms with van der Waals surface area (Å²) in [7, 11) is 0. The van der Waals surface area contributed by atoms with Crippen molar-refractivity contribution in [3.63, 3.8) is 0 Å². The van der Waals surface area contributed by atoms with Gasteiger partial charge < -0.3 is 31.7 Å². The third-order valence-electron chi connectivity index (χ3n) is 13.8. The van der Waals surface area contributed by atoms with E-state index in [9.17, 15) is 9.90 Å². The Bertz CT molecular complexity index is 876. The summed E-state index contributed by atoms with van der Waals surface area (Å²) in [4.78, 5) is 17.3. The highest BCUT2D eigenvalue weighted by Crippen LogP contribution is 2.68. The Morgan fingerprint density at radius 1 is 0.909 bits per heavy atom. The molecule has 0 aromatic heterocycles. The molecule has 0 heterocycles. The second-order valence-corrected chi connectivity index (χ2v) is 16.0. The van der Waals surface area contributed by atoms with Crippen LogP contribution in [0.25, 0.3) is 0 Å². The van der Waals surface area contributed by atoms with Crippen LogP contribution in [-0.2, 0) is 4.79 Å². The van der Waals surface area contributed by atoms with E-state index in [4.69, 9.17) is 11.5 Å². The first-order chi connectivity index (χ1) is 21.1. The van der Waals surface area contributed by atoms with Gasteiger partial charge in [0.2, 0.25) is 5.91 Å². The molecule has 4 fully saturated rings. The number of aliphatic hydroxyl groups excluding tert-OH is 1. The first-order valence-corrected chi connectivity index (χ1v) is 18.9. The second kappa shape index (κ2) is 16.4. The highest BCUT2D eigenvalue weighted by atomic mass is 16.3. The van der Waals surface area contributed by atoms with Crippen molar-refractivity contribution in [1.29, 1.82) is 0 Å². The Hall–Kier alpha value is -0.730. The van der Waals surface area contributed by atoms with Crippen molar-refractivity contribution in [2.24, 2.45) is 57.8 Å². The lowest BCUT2D eigenvalue weighted by Gasteiger charge is -2.62. The fourth-order valence-corrected chi connectivity index (χ4v) is 11.2. The molecular formula is C37H71N5O2. The van der Waals surface area contributed by atoms with Crippen molar-refractivity contribution in [2.75, 3.05) is 52.4 Å². The van der Waals surface area contributed by atoms with Crippen LogP contribution in [-0.4, -0.2) is 85.3 Å². The Kier molecular flexibility index (Phi) is 13.5. The molecule has 256 valence electrons. The first kappa shape index (κ1) is 36.1. The zero-order chi connectivity index (χ0) is 31.9. The molecule has 4 rings (SSSR count). The van der Waals surface area contributed by atoms with Gasteiger partial charge in [0.05, 0.1) is 6.10 Å². The topological polar surface area (TPSA) is 108 Å². The zero-order valence-corrected chi connectivity index (χ0v) is 29.4.